The number of sulfonamides is 1. The third-order valence-electron chi connectivity index (χ3n) is 5.67. The van der Waals surface area contributed by atoms with Crippen LogP contribution in [0.2, 0.25) is 0 Å². The highest BCUT2D eigenvalue weighted by atomic mass is 32.2. The maximum Gasteiger partial charge on any atom is 0.322 e. The van der Waals surface area contributed by atoms with Gasteiger partial charge in [0.25, 0.3) is 5.89 Å². The lowest BCUT2D eigenvalue weighted by Gasteiger charge is -2.17. The van der Waals surface area contributed by atoms with Crippen molar-refractivity contribution in [3.63, 3.8) is 0 Å². The summed E-state index contributed by atoms with van der Waals surface area (Å²) in [6, 6.07) is 18.0. The summed E-state index contributed by atoms with van der Waals surface area (Å²) >= 11 is 0. The molecule has 0 spiro atoms. The molecule has 5 rings (SSSR count). The van der Waals surface area contributed by atoms with Crippen molar-refractivity contribution in [1.29, 1.82) is 0 Å². The van der Waals surface area contributed by atoms with Crippen molar-refractivity contribution in [3.05, 3.63) is 66.7 Å². The van der Waals surface area contributed by atoms with Crippen LogP contribution in [0.25, 0.3) is 44.8 Å². The molecule has 0 saturated carbocycles. The van der Waals surface area contributed by atoms with Crippen LogP contribution in [0.5, 0.6) is 0 Å². The Hall–Kier alpha value is -4.02. The van der Waals surface area contributed by atoms with Crippen molar-refractivity contribution in [2.24, 2.45) is 5.92 Å². The summed E-state index contributed by atoms with van der Waals surface area (Å²) in [5, 5.41) is 14.7. The molecule has 0 aliphatic carbocycles. The Kier molecular flexibility index (Phi) is 5.62. The first-order chi connectivity index (χ1) is 16.7. The second-order valence-electron chi connectivity index (χ2n) is 8.44. The maximum absolute atomic E-state index is 12.9. The molecular formula is C25H21N3O6S. The fourth-order valence-electron chi connectivity index (χ4n) is 3.81. The van der Waals surface area contributed by atoms with E-state index in [-0.39, 0.29) is 4.90 Å². The molecule has 1 atom stereocenters. The summed E-state index contributed by atoms with van der Waals surface area (Å²) in [7, 11) is -4.07. The van der Waals surface area contributed by atoms with Crippen LogP contribution in [-0.2, 0) is 14.8 Å². The molecule has 2 aromatic heterocycles. The van der Waals surface area contributed by atoms with Crippen LogP contribution in [0.1, 0.15) is 13.8 Å². The Bertz CT molecular complexity index is 1650. The fraction of sp³-hybridized carbons (Fsp3) is 0.160. The van der Waals surface area contributed by atoms with Gasteiger partial charge in [-0.15, -0.1) is 0 Å². The van der Waals surface area contributed by atoms with Crippen LogP contribution in [0.15, 0.2) is 80.6 Å². The molecule has 0 unspecified atom stereocenters. The molecule has 0 bridgehead atoms. The molecule has 0 radical (unpaired) electrons. The number of benzene rings is 3. The number of aromatic nitrogens is 2. The molecule has 0 aliphatic heterocycles. The van der Waals surface area contributed by atoms with Crippen molar-refractivity contribution in [3.8, 4) is 22.8 Å². The van der Waals surface area contributed by atoms with Gasteiger partial charge < -0.3 is 14.0 Å². The van der Waals surface area contributed by atoms with Gasteiger partial charge in [-0.05, 0) is 48.4 Å². The predicted octanol–water partition coefficient (Wildman–Crippen LogP) is 4.69. The van der Waals surface area contributed by atoms with E-state index in [1.165, 1.54) is 12.1 Å². The number of nitrogens with zero attached hydrogens (tertiary/aromatic N) is 2. The van der Waals surface area contributed by atoms with Gasteiger partial charge in [-0.25, -0.2) is 8.42 Å². The normalized spacial score (nSPS) is 13.0. The molecule has 178 valence electrons. The van der Waals surface area contributed by atoms with Gasteiger partial charge in [-0.2, -0.15) is 9.71 Å². The van der Waals surface area contributed by atoms with Gasteiger partial charge in [0.1, 0.15) is 17.2 Å². The van der Waals surface area contributed by atoms with Crippen LogP contribution in [0, 0.1) is 5.92 Å². The molecule has 10 heteroatoms. The number of aliphatic carboxylic acids is 1. The minimum Gasteiger partial charge on any atom is -0.480 e. The standard InChI is InChI=1S/C25H21N3O6S/c1-14(2)22(25(29)30)28-35(31,32)17-9-11-20-19(13-17)18-10-8-16(12-21(18)33-20)23-26-24(34-27-23)15-6-4-3-5-7-15/h3-14,22,28H,1-2H3,(H,29,30)/t22-/m1/s1. The first kappa shape index (κ1) is 22.8. The van der Waals surface area contributed by atoms with E-state index < -0.39 is 28.0 Å². The SMILES string of the molecule is CC(C)[C@@H](NS(=O)(=O)c1ccc2oc3cc(-c4noc(-c5ccccc5)n4)ccc3c2c1)C(=O)O. The highest BCUT2D eigenvalue weighted by molar-refractivity contribution is 7.89. The van der Waals surface area contributed by atoms with Gasteiger partial charge in [0, 0.05) is 21.9 Å². The summed E-state index contributed by atoms with van der Waals surface area (Å²) in [6.45, 7) is 3.27. The Morgan fingerprint density at radius 1 is 0.943 bits per heavy atom. The van der Waals surface area contributed by atoms with Crippen LogP contribution in [0.4, 0.5) is 0 Å². The molecule has 3 aromatic carbocycles. The van der Waals surface area contributed by atoms with E-state index in [4.69, 9.17) is 8.94 Å². The molecule has 0 aliphatic rings. The van der Waals surface area contributed by atoms with Crippen LogP contribution < -0.4 is 4.72 Å². The first-order valence-electron chi connectivity index (χ1n) is 10.8. The monoisotopic (exact) mass is 491 g/mol. The number of hydrogen-bond donors (Lipinski definition) is 2. The number of rotatable bonds is 7. The lowest BCUT2D eigenvalue weighted by Crippen LogP contribution is -2.44. The van der Waals surface area contributed by atoms with E-state index in [2.05, 4.69) is 14.9 Å². The van der Waals surface area contributed by atoms with Gasteiger partial charge >= 0.3 is 5.97 Å². The predicted molar refractivity (Wildman–Crippen MR) is 129 cm³/mol. The molecule has 9 nitrogen and oxygen atoms in total. The van der Waals surface area contributed by atoms with Gasteiger partial charge in [-0.3, -0.25) is 4.79 Å². The number of hydrogen-bond acceptors (Lipinski definition) is 7. The summed E-state index contributed by atoms with van der Waals surface area (Å²) in [5.74, 6) is -0.865. The van der Waals surface area contributed by atoms with Crippen LogP contribution in [-0.4, -0.2) is 35.7 Å². The summed E-state index contributed by atoms with van der Waals surface area (Å²) in [5.41, 5.74) is 2.50. The molecular weight excluding hydrogens is 470 g/mol. The van der Waals surface area contributed by atoms with Gasteiger partial charge in [-0.1, -0.05) is 43.3 Å². The topological polar surface area (TPSA) is 136 Å². The largest absolute Gasteiger partial charge is 0.480 e. The summed E-state index contributed by atoms with van der Waals surface area (Å²) in [4.78, 5) is 15.9. The third kappa shape index (κ3) is 4.29. The second-order valence-corrected chi connectivity index (χ2v) is 10.2. The average Bonchev–Trinajstić information content (AvgIpc) is 3.47. The maximum atomic E-state index is 12.9. The lowest BCUT2D eigenvalue weighted by molar-refractivity contribution is -0.140. The smallest absolute Gasteiger partial charge is 0.322 e. The number of nitrogens with one attached hydrogen (secondary N) is 1. The summed E-state index contributed by atoms with van der Waals surface area (Å²) in [6.07, 6.45) is 0. The number of carbonyl (C=O) groups is 1. The molecule has 35 heavy (non-hydrogen) atoms. The Morgan fingerprint density at radius 2 is 1.71 bits per heavy atom. The Labute approximate surface area is 200 Å². The molecule has 0 fully saturated rings. The first-order valence-corrected chi connectivity index (χ1v) is 12.3. The van der Waals surface area contributed by atoms with Crippen molar-refractivity contribution in [2.75, 3.05) is 0 Å². The van der Waals surface area contributed by atoms with Crippen molar-refractivity contribution >= 4 is 37.9 Å². The zero-order chi connectivity index (χ0) is 24.7. The Balaban J connectivity index is 1.50. The van der Waals surface area contributed by atoms with Crippen molar-refractivity contribution < 1.29 is 27.3 Å². The fourth-order valence-corrected chi connectivity index (χ4v) is 5.17. The zero-order valence-corrected chi connectivity index (χ0v) is 19.6. The Morgan fingerprint density at radius 3 is 2.43 bits per heavy atom. The lowest BCUT2D eigenvalue weighted by atomic mass is 10.1. The number of furan rings is 1. The van der Waals surface area contributed by atoms with E-state index >= 15 is 0 Å². The van der Waals surface area contributed by atoms with Gasteiger partial charge in [0.15, 0.2) is 0 Å². The number of carboxylic acid groups (broad SMARTS) is 1. The van der Waals surface area contributed by atoms with Crippen molar-refractivity contribution in [1.82, 2.24) is 14.9 Å². The van der Waals surface area contributed by atoms with Crippen LogP contribution in [0.3, 0.4) is 0 Å². The van der Waals surface area contributed by atoms with E-state index in [0.29, 0.717) is 39.2 Å². The molecule has 0 amide bonds. The van der Waals surface area contributed by atoms with Gasteiger partial charge in [0.2, 0.25) is 15.8 Å². The van der Waals surface area contributed by atoms with E-state index in [9.17, 15) is 18.3 Å². The molecule has 0 saturated heterocycles. The van der Waals surface area contributed by atoms with E-state index in [1.807, 2.05) is 30.3 Å². The number of carboxylic acids is 1. The molecule has 5 aromatic rings. The van der Waals surface area contributed by atoms with Crippen LogP contribution >= 0.6 is 0 Å². The average molecular weight is 492 g/mol. The second kappa shape index (κ2) is 8.64. The molecule has 2 heterocycles. The summed E-state index contributed by atoms with van der Waals surface area (Å²) < 4.78 is 39.4. The highest BCUT2D eigenvalue weighted by Gasteiger charge is 2.28. The number of fused-ring (bicyclic) bond motifs is 3. The third-order valence-corrected chi connectivity index (χ3v) is 7.11. The minimum atomic E-state index is -4.07. The van der Waals surface area contributed by atoms with E-state index in [1.54, 1.807) is 38.1 Å². The zero-order valence-electron chi connectivity index (χ0n) is 18.8. The van der Waals surface area contributed by atoms with E-state index in [0.717, 1.165) is 5.56 Å². The highest BCUT2D eigenvalue weighted by Crippen LogP contribution is 2.33. The van der Waals surface area contributed by atoms with Gasteiger partial charge in [0.05, 0.1) is 4.90 Å². The quantitative estimate of drug-likeness (QED) is 0.335. The van der Waals surface area contributed by atoms with Crippen molar-refractivity contribution in [2.45, 2.75) is 24.8 Å². The molecule has 2 N–H and O–H groups in total. The minimum absolute atomic E-state index is 0.0469.